The number of aromatic nitrogens is 4. The maximum atomic E-state index is 12.6. The molecule has 0 unspecified atom stereocenters. The molecule has 0 atom stereocenters. The van der Waals surface area contributed by atoms with Gasteiger partial charge in [0.25, 0.3) is 5.56 Å². The highest BCUT2D eigenvalue weighted by atomic mass is 79.9. The standard InChI is InChI=1S/C16H15BrN4O4/c1-19-13-12(14(23)20(2)16(19)24)18-15(17)21(13)8-11(22)9-4-6-10(25-3)7-5-9/h4-7H,8H2,1-3H3. The van der Waals surface area contributed by atoms with Crippen LogP contribution in [0, 0.1) is 0 Å². The number of imidazole rings is 1. The summed E-state index contributed by atoms with van der Waals surface area (Å²) in [7, 11) is 4.47. The number of fused-ring (bicyclic) bond motifs is 1. The second-order valence-electron chi connectivity index (χ2n) is 5.50. The van der Waals surface area contributed by atoms with E-state index in [2.05, 4.69) is 20.9 Å². The summed E-state index contributed by atoms with van der Waals surface area (Å²) in [6, 6.07) is 6.71. The van der Waals surface area contributed by atoms with Crippen molar-refractivity contribution in [3.05, 3.63) is 55.4 Å². The molecule has 0 fully saturated rings. The molecule has 1 aromatic carbocycles. The summed E-state index contributed by atoms with van der Waals surface area (Å²) in [6.07, 6.45) is 0. The molecule has 0 aliphatic heterocycles. The molecule has 0 radical (unpaired) electrons. The lowest BCUT2D eigenvalue weighted by atomic mass is 10.1. The van der Waals surface area contributed by atoms with E-state index >= 15 is 0 Å². The summed E-state index contributed by atoms with van der Waals surface area (Å²) in [5, 5.41) is 0. The quantitative estimate of drug-likeness (QED) is 0.477. The molecule has 0 bridgehead atoms. The molecule has 0 aliphatic carbocycles. The Labute approximate surface area is 150 Å². The number of carbonyl (C=O) groups is 1. The van der Waals surface area contributed by atoms with Gasteiger partial charge in [-0.3, -0.25) is 23.3 Å². The number of aryl methyl sites for hydroxylation is 1. The van der Waals surface area contributed by atoms with Gasteiger partial charge < -0.3 is 4.74 Å². The van der Waals surface area contributed by atoms with Crippen molar-refractivity contribution in [3.8, 4) is 5.75 Å². The second-order valence-corrected chi connectivity index (χ2v) is 6.21. The molecule has 8 nitrogen and oxygen atoms in total. The molecule has 3 aromatic rings. The lowest BCUT2D eigenvalue weighted by Crippen LogP contribution is -2.37. The molecule has 25 heavy (non-hydrogen) atoms. The van der Waals surface area contributed by atoms with Gasteiger partial charge in [-0.2, -0.15) is 0 Å². The Bertz CT molecular complexity index is 1090. The number of rotatable bonds is 4. The number of ether oxygens (including phenoxy) is 1. The average molecular weight is 407 g/mol. The van der Waals surface area contributed by atoms with Crippen molar-refractivity contribution in [1.29, 1.82) is 0 Å². The van der Waals surface area contributed by atoms with Gasteiger partial charge in [-0.25, -0.2) is 9.78 Å². The van der Waals surface area contributed by atoms with Crippen LogP contribution in [0.2, 0.25) is 0 Å². The van der Waals surface area contributed by atoms with Gasteiger partial charge >= 0.3 is 5.69 Å². The van der Waals surface area contributed by atoms with Crippen LogP contribution >= 0.6 is 15.9 Å². The van der Waals surface area contributed by atoms with Crippen LogP contribution in [-0.2, 0) is 20.6 Å². The first kappa shape index (κ1) is 17.2. The molecule has 130 valence electrons. The van der Waals surface area contributed by atoms with Crippen LogP contribution in [0.5, 0.6) is 5.75 Å². The van der Waals surface area contributed by atoms with Crippen molar-refractivity contribution >= 4 is 32.9 Å². The molecule has 2 heterocycles. The minimum atomic E-state index is -0.505. The predicted octanol–water partition coefficient (Wildman–Crippen LogP) is 1.09. The van der Waals surface area contributed by atoms with Gasteiger partial charge in [-0.1, -0.05) is 0 Å². The predicted molar refractivity (Wildman–Crippen MR) is 95.2 cm³/mol. The van der Waals surface area contributed by atoms with Crippen molar-refractivity contribution in [3.63, 3.8) is 0 Å². The summed E-state index contributed by atoms with van der Waals surface area (Å²) in [6.45, 7) is -0.0656. The van der Waals surface area contributed by atoms with Crippen LogP contribution in [0.1, 0.15) is 10.4 Å². The van der Waals surface area contributed by atoms with Gasteiger partial charge in [0.05, 0.1) is 13.7 Å². The molecule has 0 amide bonds. The van der Waals surface area contributed by atoms with Gasteiger partial charge in [0, 0.05) is 19.7 Å². The molecule has 9 heteroatoms. The Hall–Kier alpha value is -2.68. The van der Waals surface area contributed by atoms with E-state index in [-0.39, 0.29) is 17.8 Å². The molecular weight excluding hydrogens is 392 g/mol. The molecule has 0 saturated heterocycles. The van der Waals surface area contributed by atoms with E-state index in [9.17, 15) is 14.4 Å². The fourth-order valence-electron chi connectivity index (χ4n) is 2.61. The fraction of sp³-hybridized carbons (Fsp3) is 0.250. The van der Waals surface area contributed by atoms with Crippen molar-refractivity contribution in [2.75, 3.05) is 7.11 Å². The first-order chi connectivity index (χ1) is 11.8. The first-order valence-corrected chi connectivity index (χ1v) is 8.13. The van der Waals surface area contributed by atoms with Crippen LogP contribution in [0.3, 0.4) is 0 Å². The lowest BCUT2D eigenvalue weighted by Gasteiger charge is -2.09. The number of halogens is 1. The van der Waals surface area contributed by atoms with E-state index in [0.29, 0.717) is 21.7 Å². The number of methoxy groups -OCH3 is 1. The fourth-order valence-corrected chi connectivity index (χ4v) is 3.09. The summed E-state index contributed by atoms with van der Waals surface area (Å²) < 4.78 is 9.17. The first-order valence-electron chi connectivity index (χ1n) is 7.34. The van der Waals surface area contributed by atoms with Crippen LogP contribution < -0.4 is 16.0 Å². The summed E-state index contributed by atoms with van der Waals surface area (Å²) >= 11 is 3.27. The van der Waals surface area contributed by atoms with E-state index in [4.69, 9.17) is 4.74 Å². The van der Waals surface area contributed by atoms with Gasteiger partial charge in [0.1, 0.15) is 5.75 Å². The Morgan fingerprint density at radius 2 is 1.80 bits per heavy atom. The maximum absolute atomic E-state index is 12.6. The van der Waals surface area contributed by atoms with E-state index < -0.39 is 11.2 Å². The summed E-state index contributed by atoms with van der Waals surface area (Å²) in [4.78, 5) is 41.1. The Morgan fingerprint density at radius 3 is 2.40 bits per heavy atom. The van der Waals surface area contributed by atoms with Gasteiger partial charge in [0.15, 0.2) is 21.7 Å². The average Bonchev–Trinajstić information content (AvgIpc) is 2.94. The number of hydrogen-bond acceptors (Lipinski definition) is 5. The van der Waals surface area contributed by atoms with Crippen LogP contribution in [-0.4, -0.2) is 31.6 Å². The van der Waals surface area contributed by atoms with Crippen molar-refractivity contribution < 1.29 is 9.53 Å². The summed E-state index contributed by atoms with van der Waals surface area (Å²) in [5.74, 6) is 0.465. The number of ketones is 1. The molecular formula is C16H15BrN4O4. The van der Waals surface area contributed by atoms with E-state index in [0.717, 1.165) is 4.57 Å². The third-order valence-electron chi connectivity index (χ3n) is 4.01. The van der Waals surface area contributed by atoms with Gasteiger partial charge in [0.2, 0.25) is 0 Å². The number of Topliss-reactive ketones (excluding diaryl/α,β-unsaturated/α-hetero) is 1. The minimum Gasteiger partial charge on any atom is -0.497 e. The van der Waals surface area contributed by atoms with Crippen molar-refractivity contribution in [2.45, 2.75) is 6.54 Å². The van der Waals surface area contributed by atoms with E-state index in [1.54, 1.807) is 31.4 Å². The van der Waals surface area contributed by atoms with E-state index in [1.165, 1.54) is 23.2 Å². The third-order valence-corrected chi connectivity index (χ3v) is 4.61. The van der Waals surface area contributed by atoms with E-state index in [1.807, 2.05) is 0 Å². The normalized spacial score (nSPS) is 11.0. The van der Waals surface area contributed by atoms with Crippen molar-refractivity contribution in [1.82, 2.24) is 18.7 Å². The smallest absolute Gasteiger partial charge is 0.332 e. The number of carbonyl (C=O) groups excluding carboxylic acids is 1. The van der Waals surface area contributed by atoms with Crippen molar-refractivity contribution in [2.24, 2.45) is 14.1 Å². The molecule has 0 N–H and O–H groups in total. The lowest BCUT2D eigenvalue weighted by molar-refractivity contribution is 0.0972. The summed E-state index contributed by atoms with van der Waals surface area (Å²) in [5.41, 5.74) is -0.0817. The van der Waals surface area contributed by atoms with Gasteiger partial charge in [-0.15, -0.1) is 0 Å². The van der Waals surface area contributed by atoms with Crippen LogP contribution in [0.25, 0.3) is 11.2 Å². The zero-order chi connectivity index (χ0) is 18.3. The van der Waals surface area contributed by atoms with Crippen LogP contribution in [0.15, 0.2) is 38.6 Å². The topological polar surface area (TPSA) is 88.1 Å². The largest absolute Gasteiger partial charge is 0.497 e. The highest BCUT2D eigenvalue weighted by Crippen LogP contribution is 2.18. The maximum Gasteiger partial charge on any atom is 0.332 e. The second kappa shape index (κ2) is 6.32. The van der Waals surface area contributed by atoms with Gasteiger partial charge in [-0.05, 0) is 40.2 Å². The molecule has 2 aromatic heterocycles. The Morgan fingerprint density at radius 1 is 1.16 bits per heavy atom. The molecule has 0 spiro atoms. The highest BCUT2D eigenvalue weighted by molar-refractivity contribution is 9.10. The number of hydrogen-bond donors (Lipinski definition) is 0. The highest BCUT2D eigenvalue weighted by Gasteiger charge is 2.19. The Balaban J connectivity index is 2.10. The third kappa shape index (κ3) is 2.80. The molecule has 0 aliphatic rings. The molecule has 0 saturated carbocycles. The SMILES string of the molecule is COc1ccc(C(=O)Cn2c(Br)nc3c(=O)n(C)c(=O)n(C)c32)cc1. The number of benzene rings is 1. The minimum absolute atomic E-state index is 0.0656. The Kier molecular flexibility index (Phi) is 4.34. The zero-order valence-corrected chi connectivity index (χ0v) is 15.4. The number of nitrogens with zero attached hydrogens (tertiary/aromatic N) is 4. The monoisotopic (exact) mass is 406 g/mol. The zero-order valence-electron chi connectivity index (χ0n) is 13.8. The molecule has 3 rings (SSSR count). The van der Waals surface area contributed by atoms with Crippen LogP contribution in [0.4, 0.5) is 0 Å².